The van der Waals surface area contributed by atoms with Gasteiger partial charge in [0.1, 0.15) is 5.54 Å². The zero-order valence-electron chi connectivity index (χ0n) is 9.87. The van der Waals surface area contributed by atoms with E-state index < -0.39 is 5.54 Å². The van der Waals surface area contributed by atoms with E-state index in [-0.39, 0.29) is 17.7 Å². The molecule has 5 nitrogen and oxygen atoms in total. The molecule has 88 valence electrons. The van der Waals surface area contributed by atoms with E-state index in [1.165, 1.54) is 0 Å². The third kappa shape index (κ3) is 3.11. The molecule has 1 amide bonds. The van der Waals surface area contributed by atoms with Crippen LogP contribution < -0.4 is 11.1 Å². The number of carbonyl (C=O) groups is 1. The fourth-order valence-electron chi connectivity index (χ4n) is 1.33. The van der Waals surface area contributed by atoms with Gasteiger partial charge in [0.25, 0.3) is 0 Å². The highest BCUT2D eigenvalue weighted by Gasteiger charge is 2.33. The molecule has 0 aliphatic heterocycles. The number of nitrogens with one attached hydrogen (secondary N) is 1. The summed E-state index contributed by atoms with van der Waals surface area (Å²) in [6.07, 6.45) is 1.19. The van der Waals surface area contributed by atoms with Crippen molar-refractivity contribution in [3.8, 4) is 0 Å². The van der Waals surface area contributed by atoms with Gasteiger partial charge in [-0.1, -0.05) is 32.9 Å². The minimum Gasteiger partial charge on any atom is -0.409 e. The molecular weight excluding hydrogens is 194 g/mol. The highest BCUT2D eigenvalue weighted by atomic mass is 16.4. The van der Waals surface area contributed by atoms with Crippen LogP contribution >= 0.6 is 0 Å². The van der Waals surface area contributed by atoms with Crippen molar-refractivity contribution < 1.29 is 10.0 Å². The fraction of sp³-hybridized carbons (Fsp3) is 0.800. The Balaban J connectivity index is 4.88. The molecule has 0 aromatic rings. The number of nitrogens with zero attached hydrogens (tertiary/aromatic N) is 1. The maximum atomic E-state index is 11.6. The largest absolute Gasteiger partial charge is 0.409 e. The van der Waals surface area contributed by atoms with E-state index in [0.29, 0.717) is 12.8 Å². The van der Waals surface area contributed by atoms with Crippen LogP contribution in [0.25, 0.3) is 0 Å². The van der Waals surface area contributed by atoms with Crippen LogP contribution in [0.4, 0.5) is 0 Å². The maximum absolute atomic E-state index is 11.6. The Labute approximate surface area is 90.7 Å². The van der Waals surface area contributed by atoms with Crippen molar-refractivity contribution in [2.75, 3.05) is 0 Å². The van der Waals surface area contributed by atoms with Gasteiger partial charge in [0, 0.05) is 5.92 Å². The summed E-state index contributed by atoms with van der Waals surface area (Å²) >= 11 is 0. The predicted octanol–water partition coefficient (Wildman–Crippen LogP) is 1.06. The number of hydrogen-bond acceptors (Lipinski definition) is 3. The van der Waals surface area contributed by atoms with E-state index in [9.17, 15) is 4.79 Å². The van der Waals surface area contributed by atoms with Gasteiger partial charge in [0.15, 0.2) is 5.84 Å². The van der Waals surface area contributed by atoms with E-state index in [0.717, 1.165) is 0 Å². The number of rotatable bonds is 5. The second-order valence-corrected chi connectivity index (χ2v) is 3.92. The summed E-state index contributed by atoms with van der Waals surface area (Å²) in [5, 5.41) is 14.5. The first kappa shape index (κ1) is 13.7. The second-order valence-electron chi connectivity index (χ2n) is 3.92. The number of oxime groups is 1. The lowest BCUT2D eigenvalue weighted by Gasteiger charge is -2.32. The average Bonchev–Trinajstić information content (AvgIpc) is 2.24. The molecule has 5 heteroatoms. The average molecular weight is 215 g/mol. The summed E-state index contributed by atoms with van der Waals surface area (Å²) in [5.41, 5.74) is 4.88. The van der Waals surface area contributed by atoms with Gasteiger partial charge in [0.05, 0.1) is 0 Å². The Kier molecular flexibility index (Phi) is 5.11. The van der Waals surface area contributed by atoms with Crippen LogP contribution in [-0.4, -0.2) is 22.5 Å². The Morgan fingerprint density at radius 1 is 1.47 bits per heavy atom. The molecule has 0 saturated carbocycles. The molecule has 0 fully saturated rings. The molecule has 0 radical (unpaired) electrons. The lowest BCUT2D eigenvalue weighted by atomic mass is 9.90. The zero-order valence-corrected chi connectivity index (χ0v) is 9.87. The molecule has 0 aromatic heterocycles. The molecule has 15 heavy (non-hydrogen) atoms. The van der Waals surface area contributed by atoms with Gasteiger partial charge in [-0.3, -0.25) is 4.79 Å². The molecule has 0 aliphatic rings. The van der Waals surface area contributed by atoms with Gasteiger partial charge in [-0.2, -0.15) is 0 Å². The van der Waals surface area contributed by atoms with Crippen LogP contribution in [0.1, 0.15) is 40.5 Å². The first-order valence-electron chi connectivity index (χ1n) is 5.23. The molecule has 0 atom stereocenters. The molecule has 0 rings (SSSR count). The zero-order chi connectivity index (χ0) is 12.1. The molecule has 0 aromatic carbocycles. The van der Waals surface area contributed by atoms with Gasteiger partial charge in [0.2, 0.25) is 5.91 Å². The number of nitrogens with two attached hydrogens (primary N) is 1. The number of amidine groups is 1. The van der Waals surface area contributed by atoms with Crippen molar-refractivity contribution in [3.63, 3.8) is 0 Å². The summed E-state index contributed by atoms with van der Waals surface area (Å²) in [4.78, 5) is 11.6. The third-order valence-electron chi connectivity index (χ3n) is 2.69. The van der Waals surface area contributed by atoms with Gasteiger partial charge in [-0.05, 0) is 12.8 Å². The fourth-order valence-corrected chi connectivity index (χ4v) is 1.33. The molecule has 0 heterocycles. The SMILES string of the molecule is CCC(CC)(NC(=O)C(C)C)C(N)=NO. The smallest absolute Gasteiger partial charge is 0.223 e. The maximum Gasteiger partial charge on any atom is 0.223 e. The molecule has 0 aliphatic carbocycles. The first-order valence-corrected chi connectivity index (χ1v) is 5.23. The van der Waals surface area contributed by atoms with Crippen molar-refractivity contribution in [1.82, 2.24) is 5.32 Å². The second kappa shape index (κ2) is 5.58. The van der Waals surface area contributed by atoms with Crippen molar-refractivity contribution in [1.29, 1.82) is 0 Å². The lowest BCUT2D eigenvalue weighted by molar-refractivity contribution is -0.125. The van der Waals surface area contributed by atoms with Gasteiger partial charge >= 0.3 is 0 Å². The third-order valence-corrected chi connectivity index (χ3v) is 2.69. The highest BCUT2D eigenvalue weighted by Crippen LogP contribution is 2.16. The van der Waals surface area contributed by atoms with Gasteiger partial charge in [-0.15, -0.1) is 0 Å². The summed E-state index contributed by atoms with van der Waals surface area (Å²) in [5.74, 6) is -0.152. The highest BCUT2D eigenvalue weighted by molar-refractivity contribution is 5.94. The van der Waals surface area contributed by atoms with Crippen LogP contribution in [0.5, 0.6) is 0 Å². The predicted molar refractivity (Wildman–Crippen MR) is 59.7 cm³/mol. The molecule has 0 bridgehead atoms. The Morgan fingerprint density at radius 2 is 1.93 bits per heavy atom. The van der Waals surface area contributed by atoms with E-state index >= 15 is 0 Å². The minimum absolute atomic E-state index is 0.0569. The van der Waals surface area contributed by atoms with Crippen LogP contribution in [0, 0.1) is 5.92 Å². The van der Waals surface area contributed by atoms with Gasteiger partial charge in [-0.25, -0.2) is 0 Å². The Hall–Kier alpha value is -1.26. The van der Waals surface area contributed by atoms with E-state index in [1.807, 2.05) is 13.8 Å². The van der Waals surface area contributed by atoms with Crippen LogP contribution in [-0.2, 0) is 4.79 Å². The monoisotopic (exact) mass is 215 g/mol. The normalized spacial score (nSPS) is 13.0. The standard InChI is InChI=1S/C10H21N3O2/c1-5-10(6-2,9(11)13-15)12-8(14)7(3)4/h7,15H,5-6H2,1-4H3,(H2,11,13)(H,12,14). The minimum atomic E-state index is -0.726. The number of amides is 1. The van der Waals surface area contributed by atoms with Crippen LogP contribution in [0.2, 0.25) is 0 Å². The van der Waals surface area contributed by atoms with E-state index in [4.69, 9.17) is 10.9 Å². The van der Waals surface area contributed by atoms with Crippen molar-refractivity contribution >= 4 is 11.7 Å². The topological polar surface area (TPSA) is 87.7 Å². The number of carbonyl (C=O) groups excluding carboxylic acids is 1. The molecular formula is C10H21N3O2. The van der Waals surface area contributed by atoms with Crippen molar-refractivity contribution in [3.05, 3.63) is 0 Å². The quantitative estimate of drug-likeness (QED) is 0.277. The Bertz CT molecular complexity index is 245. The summed E-state index contributed by atoms with van der Waals surface area (Å²) in [6.45, 7) is 7.39. The first-order chi connectivity index (χ1) is 6.93. The molecule has 0 spiro atoms. The molecule has 4 N–H and O–H groups in total. The van der Waals surface area contributed by atoms with E-state index in [2.05, 4.69) is 10.5 Å². The number of hydrogen-bond donors (Lipinski definition) is 3. The van der Waals surface area contributed by atoms with Crippen LogP contribution in [0.15, 0.2) is 5.16 Å². The van der Waals surface area contributed by atoms with E-state index in [1.54, 1.807) is 13.8 Å². The van der Waals surface area contributed by atoms with Gasteiger partial charge < -0.3 is 16.3 Å². The summed E-state index contributed by atoms with van der Waals surface area (Å²) < 4.78 is 0. The lowest BCUT2D eigenvalue weighted by Crippen LogP contribution is -2.57. The summed E-state index contributed by atoms with van der Waals surface area (Å²) in [7, 11) is 0. The summed E-state index contributed by atoms with van der Waals surface area (Å²) in [6, 6.07) is 0. The van der Waals surface area contributed by atoms with Crippen molar-refractivity contribution in [2.24, 2.45) is 16.8 Å². The molecule has 0 saturated heterocycles. The van der Waals surface area contributed by atoms with Crippen LogP contribution in [0.3, 0.4) is 0 Å². The van der Waals surface area contributed by atoms with Crippen molar-refractivity contribution in [2.45, 2.75) is 46.1 Å². The molecule has 0 unspecified atom stereocenters. The Morgan fingerprint density at radius 3 is 2.20 bits per heavy atom.